The quantitative estimate of drug-likeness (QED) is 0.810. The van der Waals surface area contributed by atoms with Crippen molar-refractivity contribution in [3.05, 3.63) is 23.8 Å². The Kier molecular flexibility index (Phi) is 4.81. The van der Waals surface area contributed by atoms with Gasteiger partial charge in [-0.1, -0.05) is 0 Å². The molecular weight excluding hydrogens is 296 g/mol. The van der Waals surface area contributed by atoms with Crippen LogP contribution in [-0.2, 0) is 14.8 Å². The molecule has 0 bridgehead atoms. The number of nitrogens with two attached hydrogens (primary N) is 1. The van der Waals surface area contributed by atoms with Crippen LogP contribution in [0.5, 0.6) is 5.75 Å². The third-order valence-corrected chi connectivity index (χ3v) is 4.18. The minimum Gasteiger partial charge on any atom is -0.495 e. The van der Waals surface area contributed by atoms with E-state index in [-0.39, 0.29) is 28.2 Å². The van der Waals surface area contributed by atoms with Gasteiger partial charge in [0.05, 0.1) is 13.2 Å². The zero-order valence-corrected chi connectivity index (χ0v) is 12.5. The highest BCUT2D eigenvalue weighted by molar-refractivity contribution is 7.89. The van der Waals surface area contributed by atoms with Crippen LogP contribution in [0.2, 0.25) is 0 Å². The number of carbonyl (C=O) groups excluding carboxylic acids is 1. The number of nitrogens with one attached hydrogen (secondary N) is 1. The van der Waals surface area contributed by atoms with E-state index >= 15 is 0 Å². The van der Waals surface area contributed by atoms with Gasteiger partial charge in [0.15, 0.2) is 0 Å². The predicted molar refractivity (Wildman–Crippen MR) is 75.7 cm³/mol. The molecule has 0 saturated carbocycles. The van der Waals surface area contributed by atoms with Crippen LogP contribution in [0.4, 0.5) is 0 Å². The van der Waals surface area contributed by atoms with Gasteiger partial charge < -0.3 is 14.8 Å². The predicted octanol–water partition coefficient (Wildman–Crippen LogP) is 0.251. The van der Waals surface area contributed by atoms with Crippen LogP contribution >= 0.6 is 0 Å². The summed E-state index contributed by atoms with van der Waals surface area (Å²) in [5, 5.41) is 7.83. The average molecular weight is 314 g/mol. The Bertz CT molecular complexity index is 623. The molecule has 0 spiro atoms. The van der Waals surface area contributed by atoms with E-state index < -0.39 is 10.0 Å². The summed E-state index contributed by atoms with van der Waals surface area (Å²) in [5.74, 6) is -0.272. The summed E-state index contributed by atoms with van der Waals surface area (Å²) in [6, 6.07) is 4.10. The van der Waals surface area contributed by atoms with E-state index in [0.717, 1.165) is 12.8 Å². The van der Waals surface area contributed by atoms with Crippen LogP contribution < -0.4 is 15.2 Å². The Labute approximate surface area is 123 Å². The van der Waals surface area contributed by atoms with Crippen LogP contribution in [0.3, 0.4) is 0 Å². The van der Waals surface area contributed by atoms with E-state index in [1.807, 2.05) is 0 Å². The number of rotatable bonds is 5. The SMILES string of the molecule is COc1ccc(C(=O)NCC2CCCO2)cc1S(N)(=O)=O. The third kappa shape index (κ3) is 3.93. The van der Waals surface area contributed by atoms with Crippen LogP contribution in [-0.4, -0.2) is 40.7 Å². The van der Waals surface area contributed by atoms with Crippen LogP contribution in [0, 0.1) is 0 Å². The molecule has 3 N–H and O–H groups in total. The number of sulfonamides is 1. The third-order valence-electron chi connectivity index (χ3n) is 3.25. The number of methoxy groups -OCH3 is 1. The largest absolute Gasteiger partial charge is 0.495 e. The zero-order chi connectivity index (χ0) is 15.5. The minimum absolute atomic E-state index is 0.0184. The summed E-state index contributed by atoms with van der Waals surface area (Å²) >= 11 is 0. The molecule has 21 heavy (non-hydrogen) atoms. The molecule has 1 aliphatic heterocycles. The molecule has 1 aromatic carbocycles. The van der Waals surface area contributed by atoms with E-state index in [1.54, 1.807) is 0 Å². The number of amides is 1. The Morgan fingerprint density at radius 3 is 2.86 bits per heavy atom. The second kappa shape index (κ2) is 6.42. The molecule has 116 valence electrons. The summed E-state index contributed by atoms with van der Waals surface area (Å²) in [6.07, 6.45) is 1.91. The van der Waals surface area contributed by atoms with Gasteiger partial charge in [-0.3, -0.25) is 4.79 Å². The molecule has 0 radical (unpaired) electrons. The Hall–Kier alpha value is -1.64. The number of ether oxygens (including phenoxy) is 2. The molecule has 1 atom stereocenters. The Balaban J connectivity index is 2.13. The molecule has 0 aliphatic carbocycles. The van der Waals surface area contributed by atoms with Crippen molar-refractivity contribution in [3.8, 4) is 5.75 Å². The second-order valence-electron chi connectivity index (χ2n) is 4.76. The van der Waals surface area contributed by atoms with Gasteiger partial charge >= 0.3 is 0 Å². The number of hydrogen-bond acceptors (Lipinski definition) is 5. The molecule has 1 saturated heterocycles. The van der Waals surface area contributed by atoms with Gasteiger partial charge in [0.1, 0.15) is 10.6 Å². The first-order chi connectivity index (χ1) is 9.91. The minimum atomic E-state index is -3.96. The lowest BCUT2D eigenvalue weighted by atomic mass is 10.2. The van der Waals surface area contributed by atoms with Crippen molar-refractivity contribution in [1.29, 1.82) is 0 Å². The van der Waals surface area contributed by atoms with E-state index in [9.17, 15) is 13.2 Å². The fourth-order valence-corrected chi connectivity index (χ4v) is 2.88. The molecule has 1 unspecified atom stereocenters. The molecule has 8 heteroatoms. The lowest BCUT2D eigenvalue weighted by Crippen LogP contribution is -2.31. The van der Waals surface area contributed by atoms with Gasteiger partial charge in [-0.05, 0) is 31.0 Å². The van der Waals surface area contributed by atoms with Crippen molar-refractivity contribution >= 4 is 15.9 Å². The Morgan fingerprint density at radius 2 is 2.29 bits per heavy atom. The summed E-state index contributed by atoms with van der Waals surface area (Å²) in [4.78, 5) is 11.8. The van der Waals surface area contributed by atoms with Crippen molar-refractivity contribution in [2.24, 2.45) is 5.14 Å². The molecular formula is C13H18N2O5S. The maximum absolute atomic E-state index is 12.0. The highest BCUT2D eigenvalue weighted by Crippen LogP contribution is 2.23. The van der Waals surface area contributed by atoms with Crippen molar-refractivity contribution in [1.82, 2.24) is 5.32 Å². The highest BCUT2D eigenvalue weighted by atomic mass is 32.2. The molecule has 2 rings (SSSR count). The summed E-state index contributed by atoms with van der Waals surface area (Å²) in [5.41, 5.74) is 0.206. The maximum Gasteiger partial charge on any atom is 0.251 e. The number of carbonyl (C=O) groups is 1. The molecule has 7 nitrogen and oxygen atoms in total. The smallest absolute Gasteiger partial charge is 0.251 e. The van der Waals surface area contributed by atoms with Gasteiger partial charge in [-0.15, -0.1) is 0 Å². The number of hydrogen-bond donors (Lipinski definition) is 2. The fraction of sp³-hybridized carbons (Fsp3) is 0.462. The molecule has 1 aliphatic rings. The Morgan fingerprint density at radius 1 is 1.52 bits per heavy atom. The normalized spacial score (nSPS) is 18.5. The summed E-state index contributed by atoms with van der Waals surface area (Å²) in [6.45, 7) is 1.11. The van der Waals surface area contributed by atoms with Gasteiger partial charge in [-0.2, -0.15) is 0 Å². The first-order valence-corrected chi connectivity index (χ1v) is 8.07. The van der Waals surface area contributed by atoms with E-state index in [2.05, 4.69) is 5.32 Å². The van der Waals surface area contributed by atoms with Gasteiger partial charge in [0, 0.05) is 18.7 Å². The summed E-state index contributed by atoms with van der Waals surface area (Å²) < 4.78 is 33.3. The van der Waals surface area contributed by atoms with Crippen molar-refractivity contribution in [2.75, 3.05) is 20.3 Å². The maximum atomic E-state index is 12.0. The van der Waals surface area contributed by atoms with E-state index in [1.165, 1.54) is 25.3 Å². The highest BCUT2D eigenvalue weighted by Gasteiger charge is 2.20. The lowest BCUT2D eigenvalue weighted by molar-refractivity contribution is 0.0857. The van der Waals surface area contributed by atoms with Gasteiger partial charge in [-0.25, -0.2) is 13.6 Å². The lowest BCUT2D eigenvalue weighted by Gasteiger charge is -2.12. The molecule has 1 aromatic rings. The topological polar surface area (TPSA) is 108 Å². The van der Waals surface area contributed by atoms with Crippen LogP contribution in [0.15, 0.2) is 23.1 Å². The molecule has 1 amide bonds. The summed E-state index contributed by atoms with van der Waals surface area (Å²) in [7, 11) is -2.63. The molecule has 1 fully saturated rings. The first kappa shape index (κ1) is 15.7. The first-order valence-electron chi connectivity index (χ1n) is 6.52. The molecule has 1 heterocycles. The zero-order valence-electron chi connectivity index (χ0n) is 11.7. The van der Waals surface area contributed by atoms with Gasteiger partial charge in [0.25, 0.3) is 5.91 Å². The molecule has 0 aromatic heterocycles. The fourth-order valence-electron chi connectivity index (χ4n) is 2.15. The standard InChI is InChI=1S/C13H18N2O5S/c1-19-11-5-4-9(7-12(11)21(14,17)18)13(16)15-8-10-3-2-6-20-10/h4-5,7,10H,2-3,6,8H2,1H3,(H,15,16)(H2,14,17,18). The van der Waals surface area contributed by atoms with Crippen molar-refractivity contribution in [2.45, 2.75) is 23.8 Å². The van der Waals surface area contributed by atoms with Crippen molar-refractivity contribution in [3.63, 3.8) is 0 Å². The van der Waals surface area contributed by atoms with Crippen LogP contribution in [0.25, 0.3) is 0 Å². The van der Waals surface area contributed by atoms with Crippen LogP contribution in [0.1, 0.15) is 23.2 Å². The van der Waals surface area contributed by atoms with Crippen molar-refractivity contribution < 1.29 is 22.7 Å². The second-order valence-corrected chi connectivity index (χ2v) is 6.29. The number of benzene rings is 1. The number of primary sulfonamides is 1. The van der Waals surface area contributed by atoms with E-state index in [4.69, 9.17) is 14.6 Å². The average Bonchev–Trinajstić information content (AvgIpc) is 2.96. The monoisotopic (exact) mass is 314 g/mol. The van der Waals surface area contributed by atoms with Gasteiger partial charge in [0.2, 0.25) is 10.0 Å². The van der Waals surface area contributed by atoms with E-state index in [0.29, 0.717) is 13.2 Å².